The number of nitrogens with zero attached hydrogens (tertiary/aromatic N) is 1. The van der Waals surface area contributed by atoms with Gasteiger partial charge in [-0.15, -0.1) is 0 Å². The molecule has 0 bridgehead atoms. The molecule has 7 nitrogen and oxygen atoms in total. The first-order valence-corrected chi connectivity index (χ1v) is 5.06. The number of hydrogen-bond acceptors (Lipinski definition) is 6. The lowest BCUT2D eigenvalue weighted by Crippen LogP contribution is -2.08. The van der Waals surface area contributed by atoms with Gasteiger partial charge in [0, 0.05) is 6.54 Å². The second-order valence-corrected chi connectivity index (χ2v) is 3.16. The molecule has 3 N–H and O–H groups in total. The van der Waals surface area contributed by atoms with Crippen molar-refractivity contribution >= 4 is 11.4 Å². The summed E-state index contributed by atoms with van der Waals surface area (Å²) in [7, 11) is 0. The van der Waals surface area contributed by atoms with Gasteiger partial charge in [0.15, 0.2) is 0 Å². The van der Waals surface area contributed by atoms with Gasteiger partial charge in [0.25, 0.3) is 5.69 Å². The van der Waals surface area contributed by atoms with Crippen molar-refractivity contribution in [1.82, 2.24) is 0 Å². The Morgan fingerprint density at radius 3 is 2.71 bits per heavy atom. The third-order valence-electron chi connectivity index (χ3n) is 1.95. The Labute approximate surface area is 97.8 Å². The van der Waals surface area contributed by atoms with E-state index in [1.165, 1.54) is 12.1 Å². The normalized spacial score (nSPS) is 10.0. The lowest BCUT2D eigenvalue weighted by atomic mass is 10.2. The molecule has 94 valence electrons. The van der Waals surface area contributed by atoms with Crippen LogP contribution in [0.5, 0.6) is 5.75 Å². The zero-order chi connectivity index (χ0) is 12.7. The Morgan fingerprint density at radius 2 is 2.12 bits per heavy atom. The number of ether oxygens (including phenoxy) is 1. The summed E-state index contributed by atoms with van der Waals surface area (Å²) >= 11 is 0. The summed E-state index contributed by atoms with van der Waals surface area (Å²) < 4.78 is 5.07. The summed E-state index contributed by atoms with van der Waals surface area (Å²) in [5, 5.41) is 30.8. The van der Waals surface area contributed by atoms with Crippen molar-refractivity contribution in [3.05, 3.63) is 28.3 Å². The first-order valence-electron chi connectivity index (χ1n) is 5.06. The number of aliphatic hydroxyl groups excluding tert-OH is 2. The van der Waals surface area contributed by atoms with Crippen molar-refractivity contribution < 1.29 is 19.9 Å². The molecule has 0 atom stereocenters. The molecule has 0 saturated heterocycles. The largest absolute Gasteiger partial charge is 0.491 e. The van der Waals surface area contributed by atoms with Crippen molar-refractivity contribution in [3.63, 3.8) is 0 Å². The molecule has 1 aromatic rings. The third kappa shape index (κ3) is 3.89. The molecule has 17 heavy (non-hydrogen) atoms. The zero-order valence-corrected chi connectivity index (χ0v) is 9.13. The molecule has 0 unspecified atom stereocenters. The van der Waals surface area contributed by atoms with Gasteiger partial charge in [0.05, 0.1) is 24.2 Å². The Hall–Kier alpha value is -1.86. The zero-order valence-electron chi connectivity index (χ0n) is 9.13. The highest BCUT2D eigenvalue weighted by Crippen LogP contribution is 2.28. The highest BCUT2D eigenvalue weighted by molar-refractivity contribution is 5.63. The van der Waals surface area contributed by atoms with Crippen LogP contribution in [0.15, 0.2) is 18.2 Å². The van der Waals surface area contributed by atoms with Crippen LogP contribution in [0.1, 0.15) is 0 Å². The van der Waals surface area contributed by atoms with E-state index in [1.807, 2.05) is 0 Å². The van der Waals surface area contributed by atoms with E-state index in [1.54, 1.807) is 6.07 Å². The number of nitro groups is 1. The Balaban J connectivity index is 2.87. The van der Waals surface area contributed by atoms with Crippen LogP contribution >= 0.6 is 0 Å². The maximum Gasteiger partial charge on any atom is 0.296 e. The van der Waals surface area contributed by atoms with E-state index in [0.29, 0.717) is 11.4 Å². The van der Waals surface area contributed by atoms with E-state index >= 15 is 0 Å². The molecule has 0 aromatic heterocycles. The van der Waals surface area contributed by atoms with Crippen molar-refractivity contribution in [2.45, 2.75) is 0 Å². The Kier molecular flexibility index (Phi) is 5.18. The molecule has 0 amide bonds. The van der Waals surface area contributed by atoms with Gasteiger partial charge < -0.3 is 20.3 Å². The summed E-state index contributed by atoms with van der Waals surface area (Å²) in [6.07, 6.45) is 0. The predicted molar refractivity (Wildman–Crippen MR) is 61.3 cm³/mol. The van der Waals surface area contributed by atoms with Gasteiger partial charge in [-0.2, -0.15) is 0 Å². The van der Waals surface area contributed by atoms with Gasteiger partial charge in [-0.25, -0.2) is 0 Å². The minimum absolute atomic E-state index is 0.0839. The Morgan fingerprint density at radius 1 is 1.35 bits per heavy atom. The Bertz CT molecular complexity index is 383. The summed E-state index contributed by atoms with van der Waals surface area (Å²) in [6, 6.07) is 4.33. The lowest BCUT2D eigenvalue weighted by Gasteiger charge is -2.08. The number of aliphatic hydroxyl groups is 2. The van der Waals surface area contributed by atoms with Crippen LogP contribution in [-0.4, -0.2) is 41.5 Å². The average Bonchev–Trinajstić information content (AvgIpc) is 2.34. The van der Waals surface area contributed by atoms with Gasteiger partial charge in [-0.1, -0.05) is 0 Å². The number of hydrogen-bond donors (Lipinski definition) is 3. The average molecular weight is 242 g/mol. The number of benzene rings is 1. The molecule has 0 aliphatic carbocycles. The van der Waals surface area contributed by atoms with Crippen LogP contribution < -0.4 is 10.1 Å². The molecule has 0 aliphatic rings. The summed E-state index contributed by atoms with van der Waals surface area (Å²) in [6.45, 7) is 0.0521. The monoisotopic (exact) mass is 242 g/mol. The molecule has 7 heteroatoms. The quantitative estimate of drug-likeness (QED) is 0.471. The molecule has 0 radical (unpaired) electrons. The van der Waals surface area contributed by atoms with Crippen LogP contribution in [0, 0.1) is 10.1 Å². The number of anilines is 1. The molecule has 0 aliphatic heterocycles. The van der Waals surface area contributed by atoms with Crippen molar-refractivity contribution in [3.8, 4) is 5.75 Å². The first-order chi connectivity index (χ1) is 8.19. The number of nitro benzene ring substituents is 1. The van der Waals surface area contributed by atoms with E-state index in [9.17, 15) is 10.1 Å². The van der Waals surface area contributed by atoms with Crippen LogP contribution in [0.25, 0.3) is 0 Å². The standard InChI is InChI=1S/C10H14N2O5/c13-4-3-11-9-2-1-8(17-6-5-14)7-10(9)12(15)16/h1-2,7,11,13-14H,3-6H2. The second kappa shape index (κ2) is 6.66. The van der Waals surface area contributed by atoms with Crippen molar-refractivity contribution in [1.29, 1.82) is 0 Å². The van der Waals surface area contributed by atoms with E-state index in [0.717, 1.165) is 0 Å². The maximum absolute atomic E-state index is 10.8. The minimum atomic E-state index is -0.536. The maximum atomic E-state index is 10.8. The van der Waals surface area contributed by atoms with E-state index in [-0.39, 0.29) is 32.1 Å². The van der Waals surface area contributed by atoms with E-state index in [2.05, 4.69) is 5.32 Å². The first kappa shape index (κ1) is 13.2. The molecule has 0 saturated carbocycles. The van der Waals surface area contributed by atoms with Gasteiger partial charge in [0.1, 0.15) is 18.0 Å². The number of rotatable bonds is 7. The van der Waals surface area contributed by atoms with Crippen LogP contribution in [0.2, 0.25) is 0 Å². The topological polar surface area (TPSA) is 105 Å². The van der Waals surface area contributed by atoms with Crippen LogP contribution in [0.3, 0.4) is 0 Å². The van der Waals surface area contributed by atoms with Gasteiger partial charge in [-0.3, -0.25) is 10.1 Å². The molecule has 1 aromatic carbocycles. The second-order valence-electron chi connectivity index (χ2n) is 3.16. The van der Waals surface area contributed by atoms with E-state index < -0.39 is 4.92 Å². The smallest absolute Gasteiger partial charge is 0.296 e. The summed E-state index contributed by atoms with van der Waals surface area (Å²) in [5.41, 5.74) is 0.189. The minimum Gasteiger partial charge on any atom is -0.491 e. The molecule has 1 rings (SSSR count). The third-order valence-corrected chi connectivity index (χ3v) is 1.95. The fourth-order valence-electron chi connectivity index (χ4n) is 1.26. The fraction of sp³-hybridized carbons (Fsp3) is 0.400. The molecule has 0 fully saturated rings. The van der Waals surface area contributed by atoms with Crippen molar-refractivity contribution in [2.75, 3.05) is 31.7 Å². The molecular weight excluding hydrogens is 228 g/mol. The predicted octanol–water partition coefficient (Wildman–Crippen LogP) is 0.370. The SMILES string of the molecule is O=[N+]([O-])c1cc(OCCO)ccc1NCCO. The highest BCUT2D eigenvalue weighted by Gasteiger charge is 2.14. The van der Waals surface area contributed by atoms with Crippen LogP contribution in [0.4, 0.5) is 11.4 Å². The van der Waals surface area contributed by atoms with E-state index in [4.69, 9.17) is 14.9 Å². The van der Waals surface area contributed by atoms with Gasteiger partial charge >= 0.3 is 0 Å². The molecule has 0 heterocycles. The van der Waals surface area contributed by atoms with Crippen molar-refractivity contribution in [2.24, 2.45) is 0 Å². The van der Waals surface area contributed by atoms with Gasteiger partial charge in [0.2, 0.25) is 0 Å². The summed E-state index contributed by atoms with van der Waals surface area (Å²) in [4.78, 5) is 10.3. The highest BCUT2D eigenvalue weighted by atomic mass is 16.6. The lowest BCUT2D eigenvalue weighted by molar-refractivity contribution is -0.384. The molecular formula is C10H14N2O5. The summed E-state index contributed by atoms with van der Waals surface area (Å²) in [5.74, 6) is 0.320. The molecule has 0 spiro atoms. The number of nitrogens with one attached hydrogen (secondary N) is 1. The fourth-order valence-corrected chi connectivity index (χ4v) is 1.26. The van der Waals surface area contributed by atoms with Gasteiger partial charge in [-0.05, 0) is 12.1 Å². The van der Waals surface area contributed by atoms with Crippen LogP contribution in [-0.2, 0) is 0 Å².